The number of anilines is 1. The predicted molar refractivity (Wildman–Crippen MR) is 62.4 cm³/mol. The molecule has 1 fully saturated rings. The van der Waals surface area contributed by atoms with E-state index in [-0.39, 0.29) is 0 Å². The van der Waals surface area contributed by atoms with Crippen LogP contribution in [0.25, 0.3) is 0 Å². The topological polar surface area (TPSA) is 71.2 Å². The highest BCUT2D eigenvalue weighted by atomic mass is 16.1. The molecule has 1 aliphatic rings. The Balaban J connectivity index is 2.19. The molecule has 2 heterocycles. The maximum atomic E-state index is 11.0. The van der Waals surface area contributed by atoms with Crippen LogP contribution in [0.4, 0.5) is 5.82 Å². The van der Waals surface area contributed by atoms with Crippen molar-refractivity contribution in [3.05, 3.63) is 23.9 Å². The van der Waals surface area contributed by atoms with E-state index in [2.05, 4.69) is 22.1 Å². The molecule has 0 aliphatic carbocycles. The fraction of sp³-hybridized carbons (Fsp3) is 0.455. The lowest BCUT2D eigenvalue weighted by Gasteiger charge is -2.32. The third-order valence-corrected chi connectivity index (χ3v) is 2.68. The summed E-state index contributed by atoms with van der Waals surface area (Å²) in [6.45, 7) is 4.86. The number of nitrogens with one attached hydrogen (secondary N) is 1. The zero-order valence-electron chi connectivity index (χ0n) is 9.31. The molecule has 0 aromatic carbocycles. The first-order valence-electron chi connectivity index (χ1n) is 5.42. The summed E-state index contributed by atoms with van der Waals surface area (Å²) in [5.74, 6) is 0.342. The second-order valence-electron chi connectivity index (χ2n) is 4.05. The molecule has 1 aromatic rings. The third-order valence-electron chi connectivity index (χ3n) is 2.68. The summed E-state index contributed by atoms with van der Waals surface area (Å²) in [7, 11) is 0. The molecular weight excluding hydrogens is 204 g/mol. The van der Waals surface area contributed by atoms with E-state index in [0.29, 0.717) is 11.7 Å². The smallest absolute Gasteiger partial charge is 0.267 e. The Kier molecular flexibility index (Phi) is 3.05. The van der Waals surface area contributed by atoms with Gasteiger partial charge in [-0.3, -0.25) is 4.79 Å². The molecule has 5 heteroatoms. The highest BCUT2D eigenvalue weighted by Crippen LogP contribution is 2.13. The van der Waals surface area contributed by atoms with Crippen LogP contribution in [0.5, 0.6) is 0 Å². The van der Waals surface area contributed by atoms with E-state index < -0.39 is 5.91 Å². The lowest BCUT2D eigenvalue weighted by Crippen LogP contribution is -2.49. The van der Waals surface area contributed by atoms with Gasteiger partial charge in [-0.15, -0.1) is 0 Å². The number of rotatable bonds is 2. The van der Waals surface area contributed by atoms with Crippen molar-refractivity contribution in [2.24, 2.45) is 5.73 Å². The molecule has 0 unspecified atom stereocenters. The summed E-state index contributed by atoms with van der Waals surface area (Å²) < 4.78 is 0. The molecular formula is C11H16N4O. The maximum Gasteiger partial charge on any atom is 0.267 e. The Hall–Kier alpha value is -1.62. The van der Waals surface area contributed by atoms with Crippen molar-refractivity contribution in [2.45, 2.75) is 13.0 Å². The van der Waals surface area contributed by atoms with E-state index in [9.17, 15) is 4.79 Å². The Morgan fingerprint density at radius 1 is 1.62 bits per heavy atom. The van der Waals surface area contributed by atoms with Crippen molar-refractivity contribution < 1.29 is 4.79 Å². The highest BCUT2D eigenvalue weighted by molar-refractivity contribution is 5.91. The summed E-state index contributed by atoms with van der Waals surface area (Å²) in [5, 5.41) is 3.36. The van der Waals surface area contributed by atoms with Crippen molar-refractivity contribution in [1.82, 2.24) is 10.3 Å². The van der Waals surface area contributed by atoms with Crippen molar-refractivity contribution in [3.8, 4) is 0 Å². The van der Waals surface area contributed by atoms with Gasteiger partial charge < -0.3 is 16.0 Å². The summed E-state index contributed by atoms with van der Waals surface area (Å²) >= 11 is 0. The summed E-state index contributed by atoms with van der Waals surface area (Å²) in [4.78, 5) is 17.4. The van der Waals surface area contributed by atoms with Gasteiger partial charge in [-0.05, 0) is 19.1 Å². The molecule has 1 saturated heterocycles. The van der Waals surface area contributed by atoms with Gasteiger partial charge in [-0.1, -0.05) is 6.07 Å². The largest absolute Gasteiger partial charge is 0.364 e. The summed E-state index contributed by atoms with van der Waals surface area (Å²) in [5.41, 5.74) is 5.53. The molecule has 0 spiro atoms. The molecule has 16 heavy (non-hydrogen) atoms. The zero-order chi connectivity index (χ0) is 11.5. The van der Waals surface area contributed by atoms with Gasteiger partial charge in [0, 0.05) is 25.7 Å². The SMILES string of the molecule is C[C@@H]1CN(c2cccc(C(N)=O)n2)CCN1. The monoisotopic (exact) mass is 220 g/mol. The van der Waals surface area contributed by atoms with Gasteiger partial charge in [0.25, 0.3) is 5.91 Å². The first kappa shape index (κ1) is 10.9. The fourth-order valence-electron chi connectivity index (χ4n) is 1.88. The molecule has 1 amide bonds. The number of carbonyl (C=O) groups is 1. The van der Waals surface area contributed by atoms with Crippen LogP contribution in [0.3, 0.4) is 0 Å². The molecule has 0 saturated carbocycles. The highest BCUT2D eigenvalue weighted by Gasteiger charge is 2.17. The van der Waals surface area contributed by atoms with E-state index in [1.165, 1.54) is 0 Å². The van der Waals surface area contributed by atoms with Gasteiger partial charge in [0.15, 0.2) is 0 Å². The molecule has 1 aromatic heterocycles. The molecule has 1 aliphatic heterocycles. The van der Waals surface area contributed by atoms with Crippen LogP contribution in [0.2, 0.25) is 0 Å². The first-order chi connectivity index (χ1) is 7.66. The van der Waals surface area contributed by atoms with Gasteiger partial charge in [0.05, 0.1) is 0 Å². The number of pyridine rings is 1. The zero-order valence-corrected chi connectivity index (χ0v) is 9.31. The molecule has 3 N–H and O–H groups in total. The van der Waals surface area contributed by atoms with Crippen LogP contribution in [0.1, 0.15) is 17.4 Å². The van der Waals surface area contributed by atoms with E-state index in [0.717, 1.165) is 25.5 Å². The lowest BCUT2D eigenvalue weighted by atomic mass is 10.2. The quantitative estimate of drug-likeness (QED) is 0.734. The number of amides is 1. The van der Waals surface area contributed by atoms with Gasteiger partial charge in [0.2, 0.25) is 0 Å². The predicted octanol–water partition coefficient (Wildman–Crippen LogP) is -0.0214. The molecule has 0 radical (unpaired) electrons. The standard InChI is InChI=1S/C11H16N4O/c1-8-7-15(6-5-13-8)10-4-2-3-9(14-10)11(12)16/h2-4,8,13H,5-7H2,1H3,(H2,12,16)/t8-/m1/s1. The number of hydrogen-bond donors (Lipinski definition) is 2. The number of primary amides is 1. The Morgan fingerprint density at radius 2 is 2.44 bits per heavy atom. The second-order valence-corrected chi connectivity index (χ2v) is 4.05. The van der Waals surface area contributed by atoms with E-state index >= 15 is 0 Å². The third kappa shape index (κ3) is 2.30. The number of nitrogens with two attached hydrogens (primary N) is 1. The molecule has 86 valence electrons. The maximum absolute atomic E-state index is 11.0. The van der Waals surface area contributed by atoms with Crippen LogP contribution in [0, 0.1) is 0 Å². The van der Waals surface area contributed by atoms with Crippen molar-refractivity contribution in [3.63, 3.8) is 0 Å². The molecule has 2 rings (SSSR count). The van der Waals surface area contributed by atoms with Crippen LogP contribution in [-0.4, -0.2) is 36.6 Å². The number of aromatic nitrogens is 1. The number of nitrogens with zero attached hydrogens (tertiary/aromatic N) is 2. The Labute approximate surface area is 94.6 Å². The molecule has 5 nitrogen and oxygen atoms in total. The van der Waals surface area contributed by atoms with Gasteiger partial charge in [-0.25, -0.2) is 4.98 Å². The number of carbonyl (C=O) groups excluding carboxylic acids is 1. The second kappa shape index (κ2) is 4.49. The number of piperazine rings is 1. The van der Waals surface area contributed by atoms with Gasteiger partial charge >= 0.3 is 0 Å². The van der Waals surface area contributed by atoms with Gasteiger partial charge in [-0.2, -0.15) is 0 Å². The minimum Gasteiger partial charge on any atom is -0.364 e. The average Bonchev–Trinajstić information content (AvgIpc) is 2.29. The normalized spacial score (nSPS) is 20.8. The van der Waals surface area contributed by atoms with Crippen LogP contribution in [-0.2, 0) is 0 Å². The molecule has 1 atom stereocenters. The van der Waals surface area contributed by atoms with Crippen molar-refractivity contribution in [1.29, 1.82) is 0 Å². The summed E-state index contributed by atoms with van der Waals surface area (Å²) in [6.07, 6.45) is 0. The van der Waals surface area contributed by atoms with Crippen LogP contribution < -0.4 is 16.0 Å². The summed E-state index contributed by atoms with van der Waals surface area (Å²) in [6, 6.07) is 5.80. The first-order valence-corrected chi connectivity index (χ1v) is 5.42. The molecule has 0 bridgehead atoms. The fourth-order valence-corrected chi connectivity index (χ4v) is 1.88. The minimum absolute atomic E-state index is 0.323. The van der Waals surface area contributed by atoms with E-state index in [1.54, 1.807) is 6.07 Å². The Morgan fingerprint density at radius 3 is 3.12 bits per heavy atom. The van der Waals surface area contributed by atoms with Gasteiger partial charge in [0.1, 0.15) is 11.5 Å². The Bertz CT molecular complexity index is 393. The van der Waals surface area contributed by atoms with Crippen molar-refractivity contribution in [2.75, 3.05) is 24.5 Å². The average molecular weight is 220 g/mol. The van der Waals surface area contributed by atoms with E-state index in [1.807, 2.05) is 12.1 Å². The van der Waals surface area contributed by atoms with Crippen LogP contribution >= 0.6 is 0 Å². The van der Waals surface area contributed by atoms with Crippen LogP contribution in [0.15, 0.2) is 18.2 Å². The minimum atomic E-state index is -0.481. The van der Waals surface area contributed by atoms with Crippen molar-refractivity contribution >= 4 is 11.7 Å². The lowest BCUT2D eigenvalue weighted by molar-refractivity contribution is 0.0995. The van der Waals surface area contributed by atoms with E-state index in [4.69, 9.17) is 5.73 Å². The number of hydrogen-bond acceptors (Lipinski definition) is 4.